The normalized spacial score (nSPS) is 14.1. The summed E-state index contributed by atoms with van der Waals surface area (Å²) in [5.74, 6) is 0. The molecule has 3 heteroatoms. The van der Waals surface area contributed by atoms with Crippen molar-refractivity contribution in [1.29, 1.82) is 0 Å². The van der Waals surface area contributed by atoms with Gasteiger partial charge in [0, 0.05) is 17.3 Å². The molecule has 0 aliphatic rings. The first-order chi connectivity index (χ1) is 3.31. The summed E-state index contributed by atoms with van der Waals surface area (Å²) in [6, 6.07) is 0. The van der Waals surface area contributed by atoms with Crippen molar-refractivity contribution in [3.05, 3.63) is 0 Å². The Morgan fingerprint density at radius 2 is 2.43 bits per heavy atom. The van der Waals surface area contributed by atoms with Crippen LogP contribution in [0.25, 0.3) is 0 Å². The molecule has 1 N–H and O–H groups in total. The van der Waals surface area contributed by atoms with Crippen molar-refractivity contribution < 1.29 is 9.59 Å². The molecular formula is C4H10O2S. The Labute approximate surface area is 48.0 Å². The van der Waals surface area contributed by atoms with E-state index < -0.39 is 0 Å². The molecule has 0 aromatic rings. The fraction of sp³-hybridized carbons (Fsp3) is 1.00. The van der Waals surface area contributed by atoms with Crippen LogP contribution in [-0.2, 0) is 4.33 Å². The molecule has 0 aromatic heterocycles. The molecule has 0 saturated carbocycles. The maximum Gasteiger partial charge on any atom is 0.0342 e. The molecule has 0 rings (SSSR count). The van der Waals surface area contributed by atoms with E-state index in [4.69, 9.17) is 5.26 Å². The van der Waals surface area contributed by atoms with E-state index in [1.807, 2.05) is 13.8 Å². The van der Waals surface area contributed by atoms with Crippen molar-refractivity contribution in [3.8, 4) is 0 Å². The van der Waals surface area contributed by atoms with Crippen LogP contribution in [0.2, 0.25) is 0 Å². The lowest BCUT2D eigenvalue weighted by atomic mass is 10.4. The Hall–Kier alpha value is 0.270. The Balaban J connectivity index is 2.83. The molecule has 0 bridgehead atoms. The second kappa shape index (κ2) is 4.43. The van der Waals surface area contributed by atoms with Crippen molar-refractivity contribution in [3.63, 3.8) is 0 Å². The first-order valence-corrected chi connectivity index (χ1v) is 3.08. The molecule has 0 spiro atoms. The van der Waals surface area contributed by atoms with Crippen LogP contribution in [0.15, 0.2) is 0 Å². The summed E-state index contributed by atoms with van der Waals surface area (Å²) in [4.78, 5) is 0. The van der Waals surface area contributed by atoms with Gasteiger partial charge in [-0.25, -0.2) is 5.26 Å². The van der Waals surface area contributed by atoms with Crippen LogP contribution in [0.4, 0.5) is 0 Å². The second-order valence-electron chi connectivity index (χ2n) is 1.39. The quantitative estimate of drug-likeness (QED) is 0.352. The van der Waals surface area contributed by atoms with Gasteiger partial charge in [-0.2, -0.15) is 4.33 Å². The molecule has 0 aliphatic carbocycles. The van der Waals surface area contributed by atoms with Gasteiger partial charge >= 0.3 is 0 Å². The molecule has 44 valence electrons. The third kappa shape index (κ3) is 4.12. The van der Waals surface area contributed by atoms with Crippen LogP contribution in [-0.4, -0.2) is 10.5 Å². The van der Waals surface area contributed by atoms with Crippen molar-refractivity contribution in [2.45, 2.75) is 25.5 Å². The van der Waals surface area contributed by atoms with Gasteiger partial charge in [0.2, 0.25) is 0 Å². The van der Waals surface area contributed by atoms with E-state index >= 15 is 0 Å². The summed E-state index contributed by atoms with van der Waals surface area (Å²) in [7, 11) is 0. The molecule has 0 aliphatic heterocycles. The monoisotopic (exact) mass is 122 g/mol. The van der Waals surface area contributed by atoms with Crippen LogP contribution in [0.3, 0.4) is 0 Å². The SMILES string of the molecule is CCC(C)SOO. The Kier molecular flexibility index (Phi) is 4.60. The average molecular weight is 122 g/mol. The van der Waals surface area contributed by atoms with E-state index in [0.29, 0.717) is 5.25 Å². The van der Waals surface area contributed by atoms with Crippen molar-refractivity contribution >= 4 is 12.0 Å². The lowest BCUT2D eigenvalue weighted by Crippen LogP contribution is -1.91. The molecule has 0 heterocycles. The highest BCUT2D eigenvalue weighted by atomic mass is 32.2. The van der Waals surface area contributed by atoms with Gasteiger partial charge in [0.15, 0.2) is 0 Å². The maximum atomic E-state index is 7.83. The van der Waals surface area contributed by atoms with Gasteiger partial charge < -0.3 is 0 Å². The van der Waals surface area contributed by atoms with E-state index in [2.05, 4.69) is 4.33 Å². The number of rotatable bonds is 3. The van der Waals surface area contributed by atoms with E-state index in [9.17, 15) is 0 Å². The van der Waals surface area contributed by atoms with Gasteiger partial charge in [-0.15, -0.1) is 0 Å². The van der Waals surface area contributed by atoms with Gasteiger partial charge in [-0.1, -0.05) is 13.8 Å². The zero-order valence-corrected chi connectivity index (χ0v) is 5.36. The number of hydrogen-bond donors (Lipinski definition) is 1. The molecule has 0 saturated heterocycles. The molecule has 7 heavy (non-hydrogen) atoms. The fourth-order valence-electron chi connectivity index (χ4n) is 0.142. The minimum Gasteiger partial charge on any atom is -0.239 e. The van der Waals surface area contributed by atoms with E-state index in [0.717, 1.165) is 18.5 Å². The van der Waals surface area contributed by atoms with E-state index in [-0.39, 0.29) is 0 Å². The Morgan fingerprint density at radius 1 is 1.86 bits per heavy atom. The fourth-order valence-corrected chi connectivity index (χ4v) is 0.425. The molecule has 0 fully saturated rings. The van der Waals surface area contributed by atoms with Crippen LogP contribution >= 0.6 is 12.0 Å². The summed E-state index contributed by atoms with van der Waals surface area (Å²) in [5.41, 5.74) is 0. The maximum absolute atomic E-state index is 7.83. The minimum atomic E-state index is 0.394. The summed E-state index contributed by atoms with van der Waals surface area (Å²) in [5, 5.41) is 8.22. The summed E-state index contributed by atoms with van der Waals surface area (Å²) in [6.45, 7) is 4.03. The zero-order chi connectivity index (χ0) is 5.70. The smallest absolute Gasteiger partial charge is 0.0342 e. The predicted molar refractivity (Wildman–Crippen MR) is 31.1 cm³/mol. The van der Waals surface area contributed by atoms with Crippen LogP contribution in [0.5, 0.6) is 0 Å². The third-order valence-electron chi connectivity index (χ3n) is 0.782. The highest BCUT2D eigenvalue weighted by Crippen LogP contribution is 2.11. The second-order valence-corrected chi connectivity index (χ2v) is 2.54. The molecular weight excluding hydrogens is 112 g/mol. The Morgan fingerprint density at radius 3 is 2.57 bits per heavy atom. The summed E-state index contributed by atoms with van der Waals surface area (Å²) < 4.78 is 3.81. The molecule has 1 atom stereocenters. The van der Waals surface area contributed by atoms with Gasteiger partial charge in [0.05, 0.1) is 0 Å². The van der Waals surface area contributed by atoms with Gasteiger partial charge in [0.25, 0.3) is 0 Å². The van der Waals surface area contributed by atoms with Crippen molar-refractivity contribution in [1.82, 2.24) is 0 Å². The van der Waals surface area contributed by atoms with Crippen molar-refractivity contribution in [2.75, 3.05) is 0 Å². The lowest BCUT2D eigenvalue weighted by Gasteiger charge is -1.99. The predicted octanol–water partition coefficient (Wildman–Crippen LogP) is 1.92. The summed E-state index contributed by atoms with van der Waals surface area (Å²) >= 11 is 1.09. The zero-order valence-electron chi connectivity index (χ0n) is 4.55. The van der Waals surface area contributed by atoms with Crippen molar-refractivity contribution in [2.24, 2.45) is 0 Å². The first kappa shape index (κ1) is 7.27. The molecule has 1 unspecified atom stereocenters. The largest absolute Gasteiger partial charge is 0.239 e. The first-order valence-electron chi connectivity index (χ1n) is 2.28. The van der Waals surface area contributed by atoms with Gasteiger partial charge in [-0.3, -0.25) is 0 Å². The Bertz CT molecular complexity index is 40.7. The highest BCUT2D eigenvalue weighted by Gasteiger charge is 1.96. The highest BCUT2D eigenvalue weighted by molar-refractivity contribution is 7.95. The average Bonchev–Trinajstić information content (AvgIpc) is 1.68. The molecule has 0 radical (unpaired) electrons. The van der Waals surface area contributed by atoms with Crippen LogP contribution in [0, 0.1) is 0 Å². The summed E-state index contributed by atoms with van der Waals surface area (Å²) in [6.07, 6.45) is 1.02. The third-order valence-corrected chi connectivity index (χ3v) is 1.53. The molecule has 2 nitrogen and oxygen atoms in total. The van der Waals surface area contributed by atoms with Crippen LogP contribution in [0.1, 0.15) is 20.3 Å². The van der Waals surface area contributed by atoms with Gasteiger partial charge in [0.1, 0.15) is 0 Å². The van der Waals surface area contributed by atoms with Crippen LogP contribution < -0.4 is 0 Å². The van der Waals surface area contributed by atoms with Gasteiger partial charge in [-0.05, 0) is 6.42 Å². The standard InChI is InChI=1S/C4H10O2S/c1-3-4(2)7-6-5/h4-5H,3H2,1-2H3. The number of hydrogen-bond acceptors (Lipinski definition) is 3. The van der Waals surface area contributed by atoms with E-state index in [1.165, 1.54) is 0 Å². The molecule has 0 aromatic carbocycles. The topological polar surface area (TPSA) is 29.5 Å². The minimum absolute atomic E-state index is 0.394. The molecule has 0 amide bonds. The van der Waals surface area contributed by atoms with E-state index in [1.54, 1.807) is 0 Å². The lowest BCUT2D eigenvalue weighted by molar-refractivity contribution is -0.117.